The zero-order valence-electron chi connectivity index (χ0n) is 17.2. The molecule has 1 aliphatic carbocycles. The highest BCUT2D eigenvalue weighted by Gasteiger charge is 2.27. The molecule has 2 aromatic rings. The third-order valence-corrected chi connectivity index (χ3v) is 8.74. The van der Waals surface area contributed by atoms with Gasteiger partial charge in [-0.1, -0.05) is 31.5 Å². The standard InChI is InChI=1S/C24H16I4O5/c1-2-3-8-32-23-16(26)10-14-17(11-6-4-5-7-12(11)24(30)31)13-9-15(25)20(29)18(27)21(13)33-22(14)19(23)28/h4-7,9-10H,2-3,8H2,1H3,(H,30,31). The minimum atomic E-state index is -1.01. The second kappa shape index (κ2) is 10.5. The average Bonchev–Trinajstić information content (AvgIpc) is 2.79. The molecule has 0 fully saturated rings. The summed E-state index contributed by atoms with van der Waals surface area (Å²) in [6.45, 7) is 2.70. The number of ether oxygens (including phenoxy) is 1. The van der Waals surface area contributed by atoms with Crippen molar-refractivity contribution in [3.8, 4) is 28.2 Å². The number of unbranched alkanes of at least 4 members (excludes halogenated alkanes) is 1. The molecule has 0 amide bonds. The van der Waals surface area contributed by atoms with E-state index >= 15 is 0 Å². The van der Waals surface area contributed by atoms with Gasteiger partial charge in [0, 0.05) is 16.5 Å². The Bertz CT molecular complexity index is 1430. The molecule has 170 valence electrons. The van der Waals surface area contributed by atoms with Crippen molar-refractivity contribution in [2.24, 2.45) is 0 Å². The fourth-order valence-electron chi connectivity index (χ4n) is 3.61. The molecule has 0 unspecified atom stereocenters. The summed E-state index contributed by atoms with van der Waals surface area (Å²) in [7, 11) is 0. The van der Waals surface area contributed by atoms with E-state index in [0.717, 1.165) is 36.7 Å². The SMILES string of the molecule is CCCCOc1c(I)cc2c(-c3ccccc3C(=O)O)c3cc(I)c(=O)c(I)c-3oc2c1I. The summed E-state index contributed by atoms with van der Waals surface area (Å²) >= 11 is 8.49. The molecule has 1 heterocycles. The van der Waals surface area contributed by atoms with Gasteiger partial charge in [-0.05, 0) is 121 Å². The number of halogens is 4. The maximum atomic E-state index is 12.7. The molecule has 2 aliphatic rings. The van der Waals surface area contributed by atoms with Crippen molar-refractivity contribution in [3.63, 3.8) is 0 Å². The van der Waals surface area contributed by atoms with Crippen molar-refractivity contribution in [3.05, 3.63) is 66.5 Å². The second-order valence-electron chi connectivity index (χ2n) is 7.29. The van der Waals surface area contributed by atoms with Gasteiger partial charge in [-0.15, -0.1) is 0 Å². The van der Waals surface area contributed by atoms with Crippen LogP contribution in [0.5, 0.6) is 5.75 Å². The van der Waals surface area contributed by atoms with Crippen LogP contribution in [0.3, 0.4) is 0 Å². The third-order valence-electron chi connectivity index (χ3n) is 5.18. The molecule has 0 saturated carbocycles. The van der Waals surface area contributed by atoms with Crippen LogP contribution in [0.1, 0.15) is 30.1 Å². The zero-order valence-corrected chi connectivity index (χ0v) is 25.8. The number of hydrogen-bond acceptors (Lipinski definition) is 4. The van der Waals surface area contributed by atoms with E-state index in [1.165, 1.54) is 0 Å². The van der Waals surface area contributed by atoms with Gasteiger partial charge < -0.3 is 14.3 Å². The van der Waals surface area contributed by atoms with Crippen molar-refractivity contribution in [2.75, 3.05) is 6.61 Å². The molecule has 1 N–H and O–H groups in total. The topological polar surface area (TPSA) is 76.7 Å². The fourth-order valence-corrected chi connectivity index (χ4v) is 7.50. The van der Waals surface area contributed by atoms with Gasteiger partial charge in [0.15, 0.2) is 11.3 Å². The number of carboxylic acids is 1. The van der Waals surface area contributed by atoms with E-state index in [1.54, 1.807) is 24.3 Å². The highest BCUT2D eigenvalue weighted by Crippen LogP contribution is 2.46. The molecule has 0 radical (unpaired) electrons. The van der Waals surface area contributed by atoms with E-state index in [-0.39, 0.29) is 11.0 Å². The summed E-state index contributed by atoms with van der Waals surface area (Å²) in [6.07, 6.45) is 1.96. The number of carbonyl (C=O) groups is 1. The molecular formula is C24H16I4O5. The molecular weight excluding hydrogens is 876 g/mol. The van der Waals surface area contributed by atoms with Crippen molar-refractivity contribution in [1.29, 1.82) is 0 Å². The lowest BCUT2D eigenvalue weighted by molar-refractivity contribution is 0.0697. The Morgan fingerprint density at radius 1 is 1.03 bits per heavy atom. The summed E-state index contributed by atoms with van der Waals surface area (Å²) in [5, 5.41) is 10.7. The number of fused-ring (bicyclic) bond motifs is 2. The van der Waals surface area contributed by atoms with Crippen LogP contribution in [-0.4, -0.2) is 17.7 Å². The molecule has 5 nitrogen and oxygen atoms in total. The van der Waals surface area contributed by atoms with Crippen LogP contribution in [0.4, 0.5) is 0 Å². The normalized spacial score (nSPS) is 11.3. The first-order valence-electron chi connectivity index (χ1n) is 9.98. The van der Waals surface area contributed by atoms with Crippen LogP contribution >= 0.6 is 90.4 Å². The zero-order chi connectivity index (χ0) is 23.9. The second-order valence-corrected chi connectivity index (χ2v) is 11.8. The highest BCUT2D eigenvalue weighted by atomic mass is 127. The van der Waals surface area contributed by atoms with Crippen LogP contribution in [0, 0.1) is 14.3 Å². The Morgan fingerprint density at radius 3 is 2.45 bits per heavy atom. The minimum Gasteiger partial charge on any atom is -0.491 e. The first-order valence-corrected chi connectivity index (χ1v) is 14.3. The van der Waals surface area contributed by atoms with Crippen LogP contribution in [0.15, 0.2) is 45.6 Å². The van der Waals surface area contributed by atoms with Crippen molar-refractivity contribution < 1.29 is 19.1 Å². The Kier molecular flexibility index (Phi) is 8.10. The van der Waals surface area contributed by atoms with Gasteiger partial charge in [-0.3, -0.25) is 4.79 Å². The summed E-state index contributed by atoms with van der Waals surface area (Å²) in [6, 6.07) is 10.7. The van der Waals surface area contributed by atoms with Crippen molar-refractivity contribution >= 4 is 107 Å². The van der Waals surface area contributed by atoms with Gasteiger partial charge in [0.05, 0.1) is 22.9 Å². The molecule has 2 aromatic carbocycles. The predicted molar refractivity (Wildman–Crippen MR) is 163 cm³/mol. The van der Waals surface area contributed by atoms with Gasteiger partial charge in [-0.25, -0.2) is 4.79 Å². The van der Waals surface area contributed by atoms with Crippen molar-refractivity contribution in [2.45, 2.75) is 19.8 Å². The molecule has 33 heavy (non-hydrogen) atoms. The number of aromatic carboxylic acids is 1. The molecule has 9 heteroatoms. The number of carboxylic acid groups (broad SMARTS) is 1. The summed E-state index contributed by atoms with van der Waals surface area (Å²) in [5.41, 5.74) is 2.67. The quantitative estimate of drug-likeness (QED) is 0.121. The van der Waals surface area contributed by atoms with Crippen LogP contribution in [-0.2, 0) is 0 Å². The number of hydrogen-bond donors (Lipinski definition) is 1. The monoisotopic (exact) mass is 892 g/mol. The Morgan fingerprint density at radius 2 is 1.76 bits per heavy atom. The number of rotatable bonds is 6. The number of benzene rings is 3. The maximum Gasteiger partial charge on any atom is 0.336 e. The van der Waals surface area contributed by atoms with E-state index in [2.05, 4.69) is 52.1 Å². The van der Waals surface area contributed by atoms with E-state index in [9.17, 15) is 14.7 Å². The predicted octanol–water partition coefficient (Wildman–Crippen LogP) is 7.86. The lowest BCUT2D eigenvalue weighted by atomic mass is 9.91. The van der Waals surface area contributed by atoms with Gasteiger partial charge in [0.1, 0.15) is 9.32 Å². The molecule has 0 aromatic heterocycles. The van der Waals surface area contributed by atoms with E-state index in [4.69, 9.17) is 9.15 Å². The lowest BCUT2D eigenvalue weighted by Gasteiger charge is -2.20. The third kappa shape index (κ3) is 4.75. The Hall–Kier alpha value is -0.680. The first kappa shape index (κ1) is 25.4. The lowest BCUT2D eigenvalue weighted by Crippen LogP contribution is -2.12. The largest absolute Gasteiger partial charge is 0.491 e. The van der Waals surface area contributed by atoms with Crippen LogP contribution in [0.25, 0.3) is 33.4 Å². The van der Waals surface area contributed by atoms with Gasteiger partial charge in [0.2, 0.25) is 5.43 Å². The van der Waals surface area contributed by atoms with E-state index < -0.39 is 5.97 Å². The van der Waals surface area contributed by atoms with E-state index in [0.29, 0.717) is 36.2 Å². The fraction of sp³-hybridized carbons (Fsp3) is 0.167. The Labute approximate surface area is 244 Å². The summed E-state index contributed by atoms with van der Waals surface area (Å²) in [4.78, 5) is 24.8. The molecule has 0 saturated heterocycles. The maximum absolute atomic E-state index is 12.7. The van der Waals surface area contributed by atoms with Gasteiger partial charge in [-0.2, -0.15) is 0 Å². The summed E-state index contributed by atoms with van der Waals surface area (Å²) < 4.78 is 15.2. The molecule has 1 aliphatic heterocycles. The average molecular weight is 892 g/mol. The first-order chi connectivity index (χ1) is 15.8. The van der Waals surface area contributed by atoms with Gasteiger partial charge >= 0.3 is 5.97 Å². The smallest absolute Gasteiger partial charge is 0.336 e. The minimum absolute atomic E-state index is 0.107. The highest BCUT2D eigenvalue weighted by molar-refractivity contribution is 14.1. The molecule has 0 atom stereocenters. The Balaban J connectivity index is 2.19. The molecule has 0 spiro atoms. The van der Waals surface area contributed by atoms with Crippen LogP contribution in [0.2, 0.25) is 0 Å². The van der Waals surface area contributed by atoms with E-state index in [1.807, 2.05) is 57.3 Å². The van der Waals surface area contributed by atoms with Gasteiger partial charge in [0.25, 0.3) is 0 Å². The van der Waals surface area contributed by atoms with Crippen molar-refractivity contribution in [1.82, 2.24) is 0 Å². The van der Waals surface area contributed by atoms with Crippen LogP contribution < -0.4 is 10.2 Å². The summed E-state index contributed by atoms with van der Waals surface area (Å²) in [5.74, 6) is 0.171. The molecule has 4 rings (SSSR count). The molecule has 0 bridgehead atoms.